The number of amides is 2. The number of thiazole rings is 1. The maximum atomic E-state index is 12.0. The molecular formula is C13H23N3O2S. The minimum Gasteiger partial charge on any atom is -0.395 e. The van der Waals surface area contributed by atoms with E-state index in [1.54, 1.807) is 4.90 Å². The lowest BCUT2D eigenvalue weighted by Gasteiger charge is -2.21. The zero-order valence-corrected chi connectivity index (χ0v) is 12.5. The molecule has 0 spiro atoms. The second kappa shape index (κ2) is 8.87. The van der Waals surface area contributed by atoms with Crippen LogP contribution in [0.2, 0.25) is 0 Å². The van der Waals surface area contributed by atoms with Crippen LogP contribution in [0.3, 0.4) is 0 Å². The van der Waals surface area contributed by atoms with Crippen molar-refractivity contribution in [3.8, 4) is 0 Å². The molecule has 0 saturated heterocycles. The Bertz CT molecular complexity index is 382. The van der Waals surface area contributed by atoms with E-state index >= 15 is 0 Å². The van der Waals surface area contributed by atoms with Gasteiger partial charge in [0, 0.05) is 18.5 Å². The number of hydrogen-bond donors (Lipinski definition) is 2. The number of nitrogens with zero attached hydrogens (tertiary/aromatic N) is 2. The molecule has 0 aromatic carbocycles. The van der Waals surface area contributed by atoms with Crippen LogP contribution in [0.15, 0.2) is 5.38 Å². The smallest absolute Gasteiger partial charge is 0.323 e. The lowest BCUT2D eigenvalue weighted by molar-refractivity contribution is 0.187. The molecule has 5 nitrogen and oxygen atoms in total. The Labute approximate surface area is 118 Å². The summed E-state index contributed by atoms with van der Waals surface area (Å²) in [6, 6.07) is -0.181. The van der Waals surface area contributed by atoms with Crippen molar-refractivity contribution < 1.29 is 9.90 Å². The first kappa shape index (κ1) is 15.9. The topological polar surface area (TPSA) is 65.5 Å². The van der Waals surface area contributed by atoms with Gasteiger partial charge in [0.25, 0.3) is 0 Å². The van der Waals surface area contributed by atoms with E-state index in [9.17, 15) is 4.79 Å². The lowest BCUT2D eigenvalue weighted by Crippen LogP contribution is -2.37. The summed E-state index contributed by atoms with van der Waals surface area (Å²) in [4.78, 5) is 18.0. The summed E-state index contributed by atoms with van der Waals surface area (Å²) in [7, 11) is 0. The van der Waals surface area contributed by atoms with Gasteiger partial charge in [0.05, 0.1) is 12.3 Å². The van der Waals surface area contributed by atoms with Gasteiger partial charge in [-0.2, -0.15) is 0 Å². The SMILES string of the molecule is CCCCN(CCO)C(=O)Nc1nc(CCC)cs1. The van der Waals surface area contributed by atoms with Gasteiger partial charge in [0.15, 0.2) is 5.13 Å². The highest BCUT2D eigenvalue weighted by Crippen LogP contribution is 2.17. The van der Waals surface area contributed by atoms with Crippen LogP contribution in [-0.2, 0) is 6.42 Å². The number of hydrogen-bond acceptors (Lipinski definition) is 4. The quantitative estimate of drug-likeness (QED) is 0.772. The Kier molecular flexibility index (Phi) is 7.43. The number of aliphatic hydroxyl groups excluding tert-OH is 1. The van der Waals surface area contributed by atoms with Gasteiger partial charge in [-0.15, -0.1) is 11.3 Å². The number of anilines is 1. The number of urea groups is 1. The highest BCUT2D eigenvalue weighted by atomic mass is 32.1. The van der Waals surface area contributed by atoms with Gasteiger partial charge in [-0.25, -0.2) is 9.78 Å². The molecule has 0 fully saturated rings. The average Bonchev–Trinajstić information content (AvgIpc) is 2.82. The molecule has 0 atom stereocenters. The minimum absolute atomic E-state index is 0.0178. The van der Waals surface area contributed by atoms with E-state index in [0.717, 1.165) is 31.4 Å². The molecule has 2 N–H and O–H groups in total. The fraction of sp³-hybridized carbons (Fsp3) is 0.692. The summed E-state index contributed by atoms with van der Waals surface area (Å²) in [6.07, 6.45) is 3.94. The van der Waals surface area contributed by atoms with Gasteiger partial charge in [0.2, 0.25) is 0 Å². The summed E-state index contributed by atoms with van der Waals surface area (Å²) in [6.45, 7) is 5.18. The van der Waals surface area contributed by atoms with Crippen LogP contribution in [0.1, 0.15) is 38.8 Å². The van der Waals surface area contributed by atoms with Gasteiger partial charge >= 0.3 is 6.03 Å². The molecule has 1 aromatic rings. The van der Waals surface area contributed by atoms with Crippen molar-refractivity contribution in [3.05, 3.63) is 11.1 Å². The molecule has 0 saturated carbocycles. The Balaban J connectivity index is 2.53. The first-order valence-corrected chi connectivity index (χ1v) is 7.70. The van der Waals surface area contributed by atoms with Crippen molar-refractivity contribution in [3.63, 3.8) is 0 Å². The molecule has 0 aliphatic heterocycles. The van der Waals surface area contributed by atoms with Gasteiger partial charge in [-0.3, -0.25) is 5.32 Å². The average molecular weight is 285 g/mol. The van der Waals surface area contributed by atoms with Crippen LogP contribution in [0.4, 0.5) is 9.93 Å². The molecule has 0 bridgehead atoms. The number of carbonyl (C=O) groups excluding carboxylic acids is 1. The van der Waals surface area contributed by atoms with Gasteiger partial charge < -0.3 is 10.0 Å². The van der Waals surface area contributed by atoms with Crippen LogP contribution in [-0.4, -0.2) is 40.7 Å². The molecule has 108 valence electrons. The van der Waals surface area contributed by atoms with Crippen molar-refractivity contribution in [2.75, 3.05) is 25.0 Å². The number of nitrogens with one attached hydrogen (secondary N) is 1. The van der Waals surface area contributed by atoms with Crippen LogP contribution < -0.4 is 5.32 Å². The molecule has 0 aliphatic rings. The number of carbonyl (C=O) groups is 1. The monoisotopic (exact) mass is 285 g/mol. The Hall–Kier alpha value is -1.14. The van der Waals surface area contributed by atoms with E-state index in [1.807, 2.05) is 5.38 Å². The van der Waals surface area contributed by atoms with Crippen molar-refractivity contribution in [2.24, 2.45) is 0 Å². The van der Waals surface area contributed by atoms with Gasteiger partial charge in [-0.05, 0) is 12.8 Å². The fourth-order valence-corrected chi connectivity index (χ4v) is 2.42. The molecule has 0 unspecified atom stereocenters. The predicted octanol–water partition coefficient (Wildman–Crippen LogP) is 2.72. The predicted molar refractivity (Wildman–Crippen MR) is 78.7 cm³/mol. The lowest BCUT2D eigenvalue weighted by atomic mass is 10.3. The van der Waals surface area contributed by atoms with E-state index < -0.39 is 0 Å². The van der Waals surface area contributed by atoms with Gasteiger partial charge in [0.1, 0.15) is 0 Å². The first-order valence-electron chi connectivity index (χ1n) is 6.82. The largest absolute Gasteiger partial charge is 0.395 e. The summed E-state index contributed by atoms with van der Waals surface area (Å²) in [5.74, 6) is 0. The van der Waals surface area contributed by atoms with Crippen LogP contribution in [0, 0.1) is 0 Å². The molecule has 6 heteroatoms. The number of aliphatic hydroxyl groups is 1. The van der Waals surface area contributed by atoms with Crippen molar-refractivity contribution in [1.29, 1.82) is 0 Å². The summed E-state index contributed by atoms with van der Waals surface area (Å²) < 4.78 is 0. The number of aryl methyl sites for hydroxylation is 1. The third-order valence-corrected chi connectivity index (χ3v) is 3.52. The molecular weight excluding hydrogens is 262 g/mol. The highest BCUT2D eigenvalue weighted by molar-refractivity contribution is 7.13. The van der Waals surface area contributed by atoms with Crippen molar-refractivity contribution >= 4 is 22.5 Å². The minimum atomic E-state index is -0.181. The van der Waals surface area contributed by atoms with Crippen LogP contribution in [0.25, 0.3) is 0 Å². The Morgan fingerprint density at radius 2 is 2.21 bits per heavy atom. The Morgan fingerprint density at radius 3 is 2.84 bits per heavy atom. The third-order valence-electron chi connectivity index (χ3n) is 2.71. The second-order valence-electron chi connectivity index (χ2n) is 4.39. The van der Waals surface area contributed by atoms with E-state index in [-0.39, 0.29) is 12.6 Å². The second-order valence-corrected chi connectivity index (χ2v) is 5.25. The number of unbranched alkanes of at least 4 members (excludes halogenated alkanes) is 1. The zero-order valence-electron chi connectivity index (χ0n) is 11.7. The first-order chi connectivity index (χ1) is 9.21. The molecule has 2 amide bonds. The molecule has 1 aromatic heterocycles. The molecule has 0 aliphatic carbocycles. The van der Waals surface area contributed by atoms with Crippen LogP contribution >= 0.6 is 11.3 Å². The third kappa shape index (κ3) is 5.57. The number of aromatic nitrogens is 1. The van der Waals surface area contributed by atoms with Gasteiger partial charge in [-0.1, -0.05) is 26.7 Å². The molecule has 19 heavy (non-hydrogen) atoms. The maximum Gasteiger partial charge on any atom is 0.323 e. The zero-order chi connectivity index (χ0) is 14.1. The summed E-state index contributed by atoms with van der Waals surface area (Å²) in [5.41, 5.74) is 1.02. The Morgan fingerprint density at radius 1 is 1.42 bits per heavy atom. The highest BCUT2D eigenvalue weighted by Gasteiger charge is 2.14. The molecule has 0 radical (unpaired) electrons. The van der Waals surface area contributed by atoms with E-state index in [4.69, 9.17) is 5.11 Å². The van der Waals surface area contributed by atoms with Crippen molar-refractivity contribution in [1.82, 2.24) is 9.88 Å². The summed E-state index contributed by atoms with van der Waals surface area (Å²) in [5, 5.41) is 14.4. The van der Waals surface area contributed by atoms with E-state index in [0.29, 0.717) is 18.2 Å². The normalized spacial score (nSPS) is 10.5. The fourth-order valence-electron chi connectivity index (χ4n) is 1.69. The van der Waals surface area contributed by atoms with Crippen LogP contribution in [0.5, 0.6) is 0 Å². The molecule has 1 heterocycles. The van der Waals surface area contributed by atoms with E-state index in [2.05, 4.69) is 24.1 Å². The molecule has 1 rings (SSSR count). The summed E-state index contributed by atoms with van der Waals surface area (Å²) >= 11 is 1.44. The van der Waals surface area contributed by atoms with E-state index in [1.165, 1.54) is 11.3 Å². The van der Waals surface area contributed by atoms with Crippen molar-refractivity contribution in [2.45, 2.75) is 39.5 Å². The number of rotatable bonds is 8. The maximum absolute atomic E-state index is 12.0. The standard InChI is InChI=1S/C13H23N3O2S/c1-3-5-7-16(8-9-17)13(18)15-12-14-11(6-4-2)10-19-12/h10,17H,3-9H2,1-2H3,(H,14,15,18).